The summed E-state index contributed by atoms with van der Waals surface area (Å²) in [4.78, 5) is 24.0. The zero-order chi connectivity index (χ0) is 14.5. The number of Topliss-reactive ketones (excluding diaryl/α,β-unsaturated/α-hetero) is 1. The Balaban J connectivity index is 2.05. The van der Waals surface area contributed by atoms with Crippen LogP contribution in [0, 0.1) is 5.82 Å². The van der Waals surface area contributed by atoms with Crippen LogP contribution in [0.4, 0.5) is 4.39 Å². The predicted octanol–water partition coefficient (Wildman–Crippen LogP) is 2.83. The number of hydrogen-bond donors (Lipinski definition) is 1. The lowest BCUT2D eigenvalue weighted by atomic mass is 10.0. The zero-order valence-corrected chi connectivity index (χ0v) is 11.0. The summed E-state index contributed by atoms with van der Waals surface area (Å²) in [6.45, 7) is 1.60. The largest absolute Gasteiger partial charge is 0.342 e. The van der Waals surface area contributed by atoms with E-state index in [0.29, 0.717) is 11.1 Å². The van der Waals surface area contributed by atoms with Crippen LogP contribution in [0.5, 0.6) is 0 Å². The van der Waals surface area contributed by atoms with Gasteiger partial charge in [0.05, 0.1) is 6.04 Å². The van der Waals surface area contributed by atoms with E-state index in [1.807, 2.05) is 6.07 Å². The molecule has 0 spiro atoms. The average molecular weight is 271 g/mol. The Morgan fingerprint density at radius 2 is 1.55 bits per heavy atom. The van der Waals surface area contributed by atoms with Crippen LogP contribution in [-0.2, 0) is 0 Å². The number of benzene rings is 2. The van der Waals surface area contributed by atoms with Crippen LogP contribution in [-0.4, -0.2) is 17.7 Å². The molecule has 1 atom stereocenters. The van der Waals surface area contributed by atoms with Crippen LogP contribution >= 0.6 is 0 Å². The number of halogens is 1. The van der Waals surface area contributed by atoms with E-state index < -0.39 is 11.9 Å². The van der Waals surface area contributed by atoms with E-state index in [-0.39, 0.29) is 11.7 Å². The van der Waals surface area contributed by atoms with Gasteiger partial charge < -0.3 is 5.32 Å². The highest BCUT2D eigenvalue weighted by molar-refractivity contribution is 6.04. The number of rotatable bonds is 4. The molecule has 1 unspecified atom stereocenters. The van der Waals surface area contributed by atoms with Crippen LogP contribution in [0.25, 0.3) is 0 Å². The first-order valence-corrected chi connectivity index (χ1v) is 6.23. The van der Waals surface area contributed by atoms with E-state index >= 15 is 0 Å². The molecular weight excluding hydrogens is 257 g/mol. The highest BCUT2D eigenvalue weighted by atomic mass is 19.1. The summed E-state index contributed by atoms with van der Waals surface area (Å²) < 4.78 is 12.8. The lowest BCUT2D eigenvalue weighted by Crippen LogP contribution is -2.38. The van der Waals surface area contributed by atoms with Gasteiger partial charge in [-0.25, -0.2) is 4.39 Å². The van der Waals surface area contributed by atoms with Crippen molar-refractivity contribution < 1.29 is 14.0 Å². The van der Waals surface area contributed by atoms with Gasteiger partial charge in [-0.05, 0) is 43.3 Å². The molecule has 0 aromatic heterocycles. The topological polar surface area (TPSA) is 46.2 Å². The molecule has 0 heterocycles. The van der Waals surface area contributed by atoms with Crippen LogP contribution in [0.1, 0.15) is 27.6 Å². The van der Waals surface area contributed by atoms with Crippen molar-refractivity contribution in [3.05, 3.63) is 71.5 Å². The van der Waals surface area contributed by atoms with Gasteiger partial charge in [0.15, 0.2) is 5.78 Å². The van der Waals surface area contributed by atoms with Crippen molar-refractivity contribution in [2.45, 2.75) is 13.0 Å². The number of carbonyl (C=O) groups excluding carboxylic acids is 2. The molecule has 0 aliphatic rings. The van der Waals surface area contributed by atoms with Crippen molar-refractivity contribution >= 4 is 11.7 Å². The molecule has 2 rings (SSSR count). The third kappa shape index (κ3) is 3.29. The van der Waals surface area contributed by atoms with E-state index in [4.69, 9.17) is 0 Å². The first-order chi connectivity index (χ1) is 9.58. The number of amides is 1. The summed E-state index contributed by atoms with van der Waals surface area (Å²) in [6.07, 6.45) is 0. The summed E-state index contributed by atoms with van der Waals surface area (Å²) in [5.41, 5.74) is 0.860. The molecule has 0 radical (unpaired) electrons. The Morgan fingerprint density at radius 1 is 0.950 bits per heavy atom. The maximum absolute atomic E-state index is 12.8. The normalized spacial score (nSPS) is 11.7. The van der Waals surface area contributed by atoms with Crippen molar-refractivity contribution in [2.24, 2.45) is 0 Å². The van der Waals surface area contributed by atoms with Crippen LogP contribution < -0.4 is 5.32 Å². The highest BCUT2D eigenvalue weighted by Crippen LogP contribution is 2.07. The second-order valence-electron chi connectivity index (χ2n) is 4.43. The molecule has 1 amide bonds. The minimum absolute atomic E-state index is 0.255. The zero-order valence-electron chi connectivity index (χ0n) is 11.0. The number of nitrogens with one attached hydrogen (secondary N) is 1. The van der Waals surface area contributed by atoms with Gasteiger partial charge in [-0.2, -0.15) is 0 Å². The fourth-order valence-electron chi connectivity index (χ4n) is 1.80. The molecule has 0 aliphatic heterocycles. The molecular formula is C16H14FNO2. The van der Waals surface area contributed by atoms with Gasteiger partial charge in [-0.3, -0.25) is 9.59 Å². The van der Waals surface area contributed by atoms with Crippen molar-refractivity contribution in [3.63, 3.8) is 0 Å². The summed E-state index contributed by atoms with van der Waals surface area (Å²) in [5, 5.41) is 2.63. The van der Waals surface area contributed by atoms with Crippen LogP contribution in [0.3, 0.4) is 0 Å². The summed E-state index contributed by atoms with van der Waals surface area (Å²) in [7, 11) is 0. The molecule has 0 fully saturated rings. The molecule has 1 N–H and O–H groups in total. The predicted molar refractivity (Wildman–Crippen MR) is 74.1 cm³/mol. The summed E-state index contributed by atoms with van der Waals surface area (Å²) in [6, 6.07) is 13.2. The minimum atomic E-state index is -0.673. The van der Waals surface area contributed by atoms with Crippen molar-refractivity contribution in [3.8, 4) is 0 Å². The first-order valence-electron chi connectivity index (χ1n) is 6.23. The van der Waals surface area contributed by atoms with Crippen LogP contribution in [0.2, 0.25) is 0 Å². The van der Waals surface area contributed by atoms with Gasteiger partial charge in [-0.15, -0.1) is 0 Å². The fourth-order valence-corrected chi connectivity index (χ4v) is 1.80. The van der Waals surface area contributed by atoms with Crippen molar-refractivity contribution in [1.82, 2.24) is 5.32 Å². The smallest absolute Gasteiger partial charge is 0.251 e. The molecule has 102 valence electrons. The molecule has 0 saturated carbocycles. The van der Waals surface area contributed by atoms with E-state index in [0.717, 1.165) is 0 Å². The maximum atomic E-state index is 12.8. The molecule has 0 aliphatic carbocycles. The number of hydrogen-bond acceptors (Lipinski definition) is 2. The summed E-state index contributed by atoms with van der Waals surface area (Å²) >= 11 is 0. The molecule has 2 aromatic carbocycles. The average Bonchev–Trinajstić information content (AvgIpc) is 2.48. The van der Waals surface area contributed by atoms with Gasteiger partial charge in [0, 0.05) is 11.1 Å². The highest BCUT2D eigenvalue weighted by Gasteiger charge is 2.18. The number of ketones is 1. The van der Waals surface area contributed by atoms with Crippen molar-refractivity contribution in [2.75, 3.05) is 0 Å². The SMILES string of the molecule is CC(NC(=O)c1ccccc1)C(=O)c1ccc(F)cc1. The lowest BCUT2D eigenvalue weighted by molar-refractivity contribution is 0.0865. The first kappa shape index (κ1) is 13.9. The van der Waals surface area contributed by atoms with Gasteiger partial charge in [0.2, 0.25) is 0 Å². The Hall–Kier alpha value is -2.49. The maximum Gasteiger partial charge on any atom is 0.251 e. The summed E-state index contributed by atoms with van der Waals surface area (Å²) in [5.74, 6) is -0.967. The van der Waals surface area contributed by atoms with Crippen LogP contribution in [0.15, 0.2) is 54.6 Å². The van der Waals surface area contributed by atoms with E-state index in [2.05, 4.69) is 5.32 Å². The van der Waals surface area contributed by atoms with Gasteiger partial charge in [-0.1, -0.05) is 18.2 Å². The molecule has 0 bridgehead atoms. The van der Waals surface area contributed by atoms with Gasteiger partial charge in [0.1, 0.15) is 5.82 Å². The third-order valence-corrected chi connectivity index (χ3v) is 2.91. The van der Waals surface area contributed by atoms with Gasteiger partial charge >= 0.3 is 0 Å². The Kier molecular flexibility index (Phi) is 4.25. The molecule has 0 saturated heterocycles. The number of carbonyl (C=O) groups is 2. The molecule has 3 nitrogen and oxygen atoms in total. The van der Waals surface area contributed by atoms with Crippen molar-refractivity contribution in [1.29, 1.82) is 0 Å². The second-order valence-corrected chi connectivity index (χ2v) is 4.43. The fraction of sp³-hybridized carbons (Fsp3) is 0.125. The molecule has 20 heavy (non-hydrogen) atoms. The Labute approximate surface area is 116 Å². The monoisotopic (exact) mass is 271 g/mol. The Bertz CT molecular complexity index is 608. The van der Waals surface area contributed by atoms with E-state index in [1.54, 1.807) is 31.2 Å². The molecule has 4 heteroatoms. The Morgan fingerprint density at radius 3 is 2.15 bits per heavy atom. The van der Waals surface area contributed by atoms with E-state index in [1.165, 1.54) is 24.3 Å². The lowest BCUT2D eigenvalue weighted by Gasteiger charge is -2.13. The van der Waals surface area contributed by atoms with E-state index in [9.17, 15) is 14.0 Å². The standard InChI is InChI=1S/C16H14FNO2/c1-11(15(19)12-7-9-14(17)10-8-12)18-16(20)13-5-3-2-4-6-13/h2-11H,1H3,(H,18,20). The second kappa shape index (κ2) is 6.10. The molecule has 2 aromatic rings. The third-order valence-electron chi connectivity index (χ3n) is 2.91. The quantitative estimate of drug-likeness (QED) is 0.869. The minimum Gasteiger partial charge on any atom is -0.342 e. The van der Waals surface area contributed by atoms with Gasteiger partial charge in [0.25, 0.3) is 5.91 Å².